The number of aromatic nitrogens is 3. The summed E-state index contributed by atoms with van der Waals surface area (Å²) in [6.07, 6.45) is 1.26. The number of amides is 1. The molecule has 2 aromatic rings. The number of nitrogens with zero attached hydrogens (tertiary/aromatic N) is 5. The van der Waals surface area contributed by atoms with Crippen molar-refractivity contribution >= 4 is 17.2 Å². The molecule has 7 nitrogen and oxygen atoms in total. The van der Waals surface area contributed by atoms with Gasteiger partial charge in [0.2, 0.25) is 5.91 Å². The van der Waals surface area contributed by atoms with E-state index >= 15 is 0 Å². The topological polar surface area (TPSA) is 75.4 Å². The second kappa shape index (κ2) is 7.18. The van der Waals surface area contributed by atoms with Crippen LogP contribution in [0.15, 0.2) is 10.6 Å². The monoisotopic (exact) mass is 335 g/mol. The Morgan fingerprint density at radius 2 is 2.13 bits per heavy atom. The lowest BCUT2D eigenvalue weighted by molar-refractivity contribution is -0.130. The number of hydrogen-bond acceptors (Lipinski definition) is 7. The van der Waals surface area contributed by atoms with Gasteiger partial charge >= 0.3 is 0 Å². The summed E-state index contributed by atoms with van der Waals surface area (Å²) in [7, 11) is 0. The number of hydrogen-bond donors (Lipinski definition) is 0. The van der Waals surface area contributed by atoms with Crippen LogP contribution >= 0.6 is 11.3 Å². The minimum Gasteiger partial charge on any atom is -0.361 e. The third-order valence-corrected chi connectivity index (χ3v) is 4.69. The summed E-state index contributed by atoms with van der Waals surface area (Å²) in [5.41, 5.74) is 0.808. The van der Waals surface area contributed by atoms with Crippen LogP contribution in [0.1, 0.15) is 27.9 Å². The molecule has 2 aromatic heterocycles. The van der Waals surface area contributed by atoms with Crippen molar-refractivity contribution in [3.63, 3.8) is 0 Å². The molecular weight excluding hydrogens is 314 g/mol. The van der Waals surface area contributed by atoms with Gasteiger partial charge in [0.1, 0.15) is 15.8 Å². The smallest absolute Gasteiger partial charge is 0.230 e. The predicted molar refractivity (Wildman–Crippen MR) is 86.1 cm³/mol. The molecule has 0 atom stereocenters. The highest BCUT2D eigenvalue weighted by molar-refractivity contribution is 7.11. The SMILES string of the molecule is Cc1cc(CC(=O)N2CCCN(Cc3nnc(C)s3)CC2)on1. The molecule has 0 N–H and O–H groups in total. The largest absolute Gasteiger partial charge is 0.361 e. The van der Waals surface area contributed by atoms with Crippen molar-refractivity contribution in [2.45, 2.75) is 33.2 Å². The van der Waals surface area contributed by atoms with Gasteiger partial charge in [-0.1, -0.05) is 5.16 Å². The standard InChI is InChI=1S/C15H21N5O2S/c1-11-8-13(22-18-11)9-15(21)20-5-3-4-19(6-7-20)10-14-17-16-12(2)23-14/h8H,3-7,9-10H2,1-2H3. The summed E-state index contributed by atoms with van der Waals surface area (Å²) in [5, 5.41) is 14.1. The van der Waals surface area contributed by atoms with Crippen molar-refractivity contribution in [3.8, 4) is 0 Å². The van der Waals surface area contributed by atoms with Crippen molar-refractivity contribution < 1.29 is 9.32 Å². The molecule has 1 amide bonds. The first kappa shape index (κ1) is 16.1. The molecule has 0 aromatic carbocycles. The lowest BCUT2D eigenvalue weighted by atomic mass is 10.2. The zero-order valence-electron chi connectivity index (χ0n) is 13.5. The van der Waals surface area contributed by atoms with Gasteiger partial charge in [-0.2, -0.15) is 0 Å². The molecule has 1 fully saturated rings. The summed E-state index contributed by atoms with van der Waals surface area (Å²) in [6.45, 7) is 8.01. The van der Waals surface area contributed by atoms with E-state index < -0.39 is 0 Å². The van der Waals surface area contributed by atoms with Crippen LogP contribution in [0.25, 0.3) is 0 Å². The Kier molecular flexibility index (Phi) is 5.02. The van der Waals surface area contributed by atoms with Gasteiger partial charge in [0.05, 0.1) is 18.7 Å². The molecule has 1 aliphatic heterocycles. The van der Waals surface area contributed by atoms with Gasteiger partial charge in [0, 0.05) is 32.2 Å². The van der Waals surface area contributed by atoms with Gasteiger partial charge in [0.15, 0.2) is 0 Å². The van der Waals surface area contributed by atoms with Gasteiger partial charge in [-0.05, 0) is 20.3 Å². The second-order valence-corrected chi connectivity index (χ2v) is 7.10. The molecule has 3 heterocycles. The molecule has 8 heteroatoms. The maximum Gasteiger partial charge on any atom is 0.230 e. The Morgan fingerprint density at radius 3 is 2.83 bits per heavy atom. The van der Waals surface area contributed by atoms with E-state index in [0.717, 1.165) is 54.9 Å². The lowest BCUT2D eigenvalue weighted by Gasteiger charge is -2.21. The summed E-state index contributed by atoms with van der Waals surface area (Å²) in [5.74, 6) is 0.743. The van der Waals surface area contributed by atoms with Crippen LogP contribution in [0.2, 0.25) is 0 Å². The fourth-order valence-electron chi connectivity index (χ4n) is 2.73. The predicted octanol–water partition coefficient (Wildman–Crippen LogP) is 1.42. The zero-order valence-corrected chi connectivity index (χ0v) is 14.3. The van der Waals surface area contributed by atoms with E-state index in [4.69, 9.17) is 4.52 Å². The van der Waals surface area contributed by atoms with Crippen LogP contribution < -0.4 is 0 Å². The normalized spacial score (nSPS) is 16.5. The average Bonchev–Trinajstić information content (AvgIpc) is 3.02. The van der Waals surface area contributed by atoms with Crippen molar-refractivity contribution in [1.29, 1.82) is 0 Å². The fraction of sp³-hybridized carbons (Fsp3) is 0.600. The summed E-state index contributed by atoms with van der Waals surface area (Å²) >= 11 is 1.64. The van der Waals surface area contributed by atoms with E-state index in [1.807, 2.05) is 24.8 Å². The Morgan fingerprint density at radius 1 is 1.26 bits per heavy atom. The molecule has 0 saturated carbocycles. The minimum atomic E-state index is 0.106. The molecule has 0 unspecified atom stereocenters. The Balaban J connectivity index is 1.52. The summed E-state index contributed by atoms with van der Waals surface area (Å²) in [4.78, 5) is 16.7. The van der Waals surface area contributed by atoms with E-state index in [1.165, 1.54) is 0 Å². The molecule has 1 saturated heterocycles. The molecular formula is C15H21N5O2S. The maximum atomic E-state index is 12.4. The molecule has 124 valence electrons. The second-order valence-electron chi connectivity index (χ2n) is 5.84. The Labute approximate surface area is 139 Å². The van der Waals surface area contributed by atoms with E-state index in [2.05, 4.69) is 20.3 Å². The van der Waals surface area contributed by atoms with Crippen LogP contribution in [0, 0.1) is 13.8 Å². The zero-order chi connectivity index (χ0) is 16.2. The average molecular weight is 335 g/mol. The molecule has 0 bridgehead atoms. The first-order chi connectivity index (χ1) is 11.1. The van der Waals surface area contributed by atoms with E-state index in [-0.39, 0.29) is 12.3 Å². The van der Waals surface area contributed by atoms with Crippen molar-refractivity contribution in [3.05, 3.63) is 27.5 Å². The minimum absolute atomic E-state index is 0.106. The van der Waals surface area contributed by atoms with Crippen LogP contribution in [0.5, 0.6) is 0 Å². The van der Waals surface area contributed by atoms with E-state index in [1.54, 1.807) is 11.3 Å². The lowest BCUT2D eigenvalue weighted by Crippen LogP contribution is -2.36. The highest BCUT2D eigenvalue weighted by Gasteiger charge is 2.21. The third-order valence-electron chi connectivity index (χ3n) is 3.87. The van der Waals surface area contributed by atoms with E-state index in [0.29, 0.717) is 5.76 Å². The number of aryl methyl sites for hydroxylation is 2. The third kappa shape index (κ3) is 4.35. The Bertz CT molecular complexity index is 668. The highest BCUT2D eigenvalue weighted by atomic mass is 32.1. The molecule has 0 spiro atoms. The van der Waals surface area contributed by atoms with Crippen LogP contribution in [0.4, 0.5) is 0 Å². The fourth-order valence-corrected chi connectivity index (χ4v) is 3.48. The highest BCUT2D eigenvalue weighted by Crippen LogP contribution is 2.14. The summed E-state index contributed by atoms with van der Waals surface area (Å²) in [6, 6.07) is 1.82. The van der Waals surface area contributed by atoms with Gasteiger partial charge in [-0.3, -0.25) is 9.69 Å². The summed E-state index contributed by atoms with van der Waals surface area (Å²) < 4.78 is 5.14. The molecule has 0 radical (unpaired) electrons. The van der Waals surface area contributed by atoms with Gasteiger partial charge in [-0.25, -0.2) is 0 Å². The number of rotatable bonds is 4. The molecule has 3 rings (SSSR count). The van der Waals surface area contributed by atoms with Crippen molar-refractivity contribution in [2.24, 2.45) is 0 Å². The van der Waals surface area contributed by atoms with Gasteiger partial charge in [0.25, 0.3) is 0 Å². The van der Waals surface area contributed by atoms with E-state index in [9.17, 15) is 4.79 Å². The maximum absolute atomic E-state index is 12.4. The molecule has 0 aliphatic carbocycles. The molecule has 23 heavy (non-hydrogen) atoms. The number of carbonyl (C=O) groups excluding carboxylic acids is 1. The van der Waals surface area contributed by atoms with Crippen LogP contribution in [0.3, 0.4) is 0 Å². The van der Waals surface area contributed by atoms with Crippen LogP contribution in [-0.2, 0) is 17.8 Å². The van der Waals surface area contributed by atoms with Crippen molar-refractivity contribution in [2.75, 3.05) is 26.2 Å². The quantitative estimate of drug-likeness (QED) is 0.841. The first-order valence-electron chi connectivity index (χ1n) is 7.81. The van der Waals surface area contributed by atoms with Gasteiger partial charge in [-0.15, -0.1) is 21.5 Å². The van der Waals surface area contributed by atoms with Crippen molar-refractivity contribution in [1.82, 2.24) is 25.2 Å². The van der Waals surface area contributed by atoms with Crippen LogP contribution in [-0.4, -0.2) is 57.2 Å². The first-order valence-corrected chi connectivity index (χ1v) is 8.63. The molecule has 1 aliphatic rings. The Hall–Kier alpha value is -1.80. The van der Waals surface area contributed by atoms with Gasteiger partial charge < -0.3 is 9.42 Å². The number of carbonyl (C=O) groups is 1.